The van der Waals surface area contributed by atoms with Gasteiger partial charge >= 0.3 is 0 Å². The van der Waals surface area contributed by atoms with Gasteiger partial charge in [-0.3, -0.25) is 9.98 Å². The largest absolute Gasteiger partial charge is 0.595 e. The smallest absolute Gasteiger partial charge is 0.146 e. The lowest BCUT2D eigenvalue weighted by Gasteiger charge is -2.29. The normalized spacial score (nSPS) is 12.6. The molecule has 0 bridgehead atoms. The first-order valence-corrected chi connectivity index (χ1v) is 5.36. The van der Waals surface area contributed by atoms with Gasteiger partial charge in [0.25, 0.3) is 0 Å². The third-order valence-corrected chi connectivity index (χ3v) is 1.83. The number of aliphatic hydroxyl groups is 1. The number of pyridine rings is 1. The number of ether oxygens (including phenoxy) is 1. The van der Waals surface area contributed by atoms with Gasteiger partial charge in [0.05, 0.1) is 18.8 Å². The van der Waals surface area contributed by atoms with Gasteiger partial charge in [-0.1, -0.05) is 26.8 Å². The number of hydrogen-bond acceptors (Lipinski definition) is 5. The van der Waals surface area contributed by atoms with Crippen molar-refractivity contribution in [1.29, 1.82) is 0 Å². The third kappa shape index (κ3) is 5.31. The highest BCUT2D eigenvalue weighted by Crippen LogP contribution is 2.07. The Labute approximate surface area is 101 Å². The Kier molecular flexibility index (Phi) is 4.45. The van der Waals surface area contributed by atoms with E-state index in [1.165, 1.54) is 0 Å². The fourth-order valence-corrected chi connectivity index (χ4v) is 1.09. The molecule has 5 heteroatoms. The van der Waals surface area contributed by atoms with Crippen LogP contribution in [0, 0.1) is 0 Å². The molecule has 5 nitrogen and oxygen atoms in total. The van der Waals surface area contributed by atoms with Crippen molar-refractivity contribution in [2.45, 2.75) is 39.5 Å². The van der Waals surface area contributed by atoms with Crippen LogP contribution in [0.5, 0.6) is 0 Å². The van der Waals surface area contributed by atoms with E-state index in [-0.39, 0.29) is 13.2 Å². The van der Waals surface area contributed by atoms with Gasteiger partial charge in [0.2, 0.25) is 0 Å². The topological polar surface area (TPSA) is 77.8 Å². The van der Waals surface area contributed by atoms with Crippen molar-refractivity contribution in [2.75, 3.05) is 0 Å². The van der Waals surface area contributed by atoms with E-state index in [1.807, 2.05) is 0 Å². The summed E-state index contributed by atoms with van der Waals surface area (Å²) in [7, 11) is 0. The van der Waals surface area contributed by atoms with Crippen molar-refractivity contribution in [2.24, 2.45) is 4.99 Å². The monoisotopic (exact) mass is 237 g/mol. The molecule has 0 saturated carbocycles. The summed E-state index contributed by atoms with van der Waals surface area (Å²) in [4.78, 5) is 7.76. The number of aliphatic hydroxyl groups excluding tert-OH is 1. The minimum absolute atomic E-state index is 0.0938. The van der Waals surface area contributed by atoms with Crippen molar-refractivity contribution in [1.82, 2.24) is 4.98 Å². The third-order valence-electron chi connectivity index (χ3n) is 1.83. The highest BCUT2D eigenvalue weighted by Gasteiger charge is 2.04. The van der Waals surface area contributed by atoms with E-state index in [2.05, 4.69) is 9.98 Å². The maximum Gasteiger partial charge on any atom is 0.146 e. The number of aromatic nitrogens is 1. The molecule has 0 aromatic carbocycles. The summed E-state index contributed by atoms with van der Waals surface area (Å²) < 4.78 is 5.04. The van der Waals surface area contributed by atoms with Crippen LogP contribution >= 0.6 is 0 Å². The summed E-state index contributed by atoms with van der Waals surface area (Å²) in [6.07, 6.45) is 1.00. The average molecular weight is 237 g/mol. The van der Waals surface area contributed by atoms with Crippen LogP contribution in [-0.2, 0) is 17.9 Å². The first-order chi connectivity index (χ1) is 7.90. The average Bonchev–Trinajstić information content (AvgIpc) is 2.25. The quantitative estimate of drug-likeness (QED) is 0.617. The Morgan fingerprint density at radius 3 is 2.65 bits per heavy atom. The summed E-state index contributed by atoms with van der Waals surface area (Å²) in [5, 5.41) is 20.1. The lowest BCUT2D eigenvalue weighted by atomic mass is 10.2. The predicted molar refractivity (Wildman–Crippen MR) is 62.1 cm³/mol. The second-order valence-corrected chi connectivity index (χ2v) is 4.61. The number of nitrogens with zero attached hydrogens (tertiary/aromatic N) is 2. The van der Waals surface area contributed by atoms with Crippen LogP contribution in [0.3, 0.4) is 0 Å². The van der Waals surface area contributed by atoms with E-state index in [1.54, 1.807) is 39.1 Å². The second kappa shape index (κ2) is 5.63. The number of aliphatic imine (C=N–C) groups is 1. The molecule has 1 aromatic heterocycles. The lowest BCUT2D eigenvalue weighted by Crippen LogP contribution is -2.31. The SMILES string of the molecule is CC(C)(C)OC([O-])=NCc1ccc(CO)nc1. The van der Waals surface area contributed by atoms with Gasteiger partial charge in [-0.2, -0.15) is 0 Å². The zero-order valence-electron chi connectivity index (χ0n) is 10.3. The van der Waals surface area contributed by atoms with Crippen LogP contribution in [0.1, 0.15) is 32.0 Å². The van der Waals surface area contributed by atoms with Crippen LogP contribution in [-0.4, -0.2) is 21.8 Å². The summed E-state index contributed by atoms with van der Waals surface area (Å²) in [6, 6.07) is 3.46. The fourth-order valence-electron chi connectivity index (χ4n) is 1.09. The second-order valence-electron chi connectivity index (χ2n) is 4.61. The molecule has 94 valence electrons. The Morgan fingerprint density at radius 1 is 1.47 bits per heavy atom. The van der Waals surface area contributed by atoms with Crippen molar-refractivity contribution in [3.05, 3.63) is 29.6 Å². The summed E-state index contributed by atoms with van der Waals surface area (Å²) in [5.41, 5.74) is 0.860. The molecule has 0 radical (unpaired) electrons. The van der Waals surface area contributed by atoms with Crippen LogP contribution in [0.2, 0.25) is 0 Å². The molecular weight excluding hydrogens is 220 g/mol. The molecule has 0 atom stereocenters. The minimum atomic E-state index is -0.580. The zero-order valence-corrected chi connectivity index (χ0v) is 10.3. The Balaban J connectivity index is 2.56. The van der Waals surface area contributed by atoms with Gasteiger partial charge < -0.3 is 14.9 Å². The van der Waals surface area contributed by atoms with E-state index in [9.17, 15) is 5.11 Å². The summed E-state index contributed by atoms with van der Waals surface area (Å²) >= 11 is 0. The maximum absolute atomic E-state index is 11.3. The highest BCUT2D eigenvalue weighted by molar-refractivity contribution is 5.62. The molecule has 0 aliphatic heterocycles. The Bertz CT molecular complexity index is 380. The molecule has 0 aliphatic carbocycles. The van der Waals surface area contributed by atoms with Crippen molar-refractivity contribution < 1.29 is 14.9 Å². The molecule has 0 aliphatic rings. The first kappa shape index (κ1) is 13.4. The maximum atomic E-state index is 11.3. The number of rotatable bonds is 3. The summed E-state index contributed by atoms with van der Waals surface area (Å²) in [6.45, 7) is 5.51. The van der Waals surface area contributed by atoms with E-state index in [4.69, 9.17) is 9.84 Å². The molecule has 1 rings (SSSR count). The Morgan fingerprint density at radius 2 is 2.18 bits per heavy atom. The number of hydrogen-bond donors (Lipinski definition) is 1. The molecule has 1 N–H and O–H groups in total. The van der Waals surface area contributed by atoms with Crippen LogP contribution in [0.4, 0.5) is 0 Å². The summed E-state index contributed by atoms with van der Waals surface area (Å²) in [5.74, 6) is 0. The van der Waals surface area contributed by atoms with Crippen LogP contribution in [0.25, 0.3) is 0 Å². The highest BCUT2D eigenvalue weighted by atomic mass is 16.6. The van der Waals surface area contributed by atoms with E-state index in [0.717, 1.165) is 5.56 Å². The van der Waals surface area contributed by atoms with E-state index >= 15 is 0 Å². The van der Waals surface area contributed by atoms with Gasteiger partial charge in [0, 0.05) is 11.8 Å². The minimum Gasteiger partial charge on any atom is -0.595 e. The van der Waals surface area contributed by atoms with E-state index in [0.29, 0.717) is 5.69 Å². The Hall–Kier alpha value is -1.62. The predicted octanol–water partition coefficient (Wildman–Crippen LogP) is 0.605. The molecule has 1 heterocycles. The molecular formula is C12H17N2O3-. The molecule has 0 amide bonds. The van der Waals surface area contributed by atoms with Crippen LogP contribution < -0.4 is 5.11 Å². The van der Waals surface area contributed by atoms with Crippen LogP contribution in [0.15, 0.2) is 23.3 Å². The van der Waals surface area contributed by atoms with E-state index < -0.39 is 11.7 Å². The molecule has 1 aromatic rings. The molecule has 0 fully saturated rings. The van der Waals surface area contributed by atoms with Gasteiger partial charge in [0.1, 0.15) is 6.08 Å². The molecule has 0 spiro atoms. The van der Waals surface area contributed by atoms with Gasteiger partial charge in [0.15, 0.2) is 0 Å². The van der Waals surface area contributed by atoms with Crippen molar-refractivity contribution >= 4 is 6.08 Å². The zero-order chi connectivity index (χ0) is 12.9. The molecule has 0 unspecified atom stereocenters. The van der Waals surface area contributed by atoms with Gasteiger partial charge in [-0.25, -0.2) is 0 Å². The molecule has 0 saturated heterocycles. The van der Waals surface area contributed by atoms with Crippen molar-refractivity contribution in [3.8, 4) is 0 Å². The first-order valence-electron chi connectivity index (χ1n) is 5.36. The van der Waals surface area contributed by atoms with Crippen molar-refractivity contribution in [3.63, 3.8) is 0 Å². The lowest BCUT2D eigenvalue weighted by molar-refractivity contribution is -0.260. The molecule has 17 heavy (non-hydrogen) atoms. The standard InChI is InChI=1S/C12H18N2O3/c1-12(2,3)17-11(16)14-7-9-4-5-10(8-15)13-6-9/h4-6,15H,7-8H2,1-3H3,(H,14,16)/p-1. The fraction of sp³-hybridized carbons (Fsp3) is 0.500. The van der Waals surface area contributed by atoms with Gasteiger partial charge in [-0.15, -0.1) is 0 Å². The van der Waals surface area contributed by atoms with Gasteiger partial charge in [-0.05, 0) is 11.6 Å².